The van der Waals surface area contributed by atoms with E-state index in [2.05, 4.69) is 5.32 Å². The molecule has 3 rings (SSSR count). The van der Waals surface area contributed by atoms with Crippen LogP contribution in [0.4, 0.5) is 4.39 Å². The minimum atomic E-state index is -0.573. The molecule has 0 saturated heterocycles. The second kappa shape index (κ2) is 3.03. The number of β-amino-alcohol motifs (C(OH)–C–C–N with tert-alkyl or cyclic N) is 1. The zero-order valence-corrected chi connectivity index (χ0v) is 8.46. The summed E-state index contributed by atoms with van der Waals surface area (Å²) in [6, 6.07) is 5.02. The SMILES string of the molecule is OC1CNCC2(CC2)c2c(F)cccc21. The van der Waals surface area contributed by atoms with Crippen LogP contribution in [0.25, 0.3) is 0 Å². The van der Waals surface area contributed by atoms with Gasteiger partial charge in [-0.3, -0.25) is 0 Å². The van der Waals surface area contributed by atoms with Crippen LogP contribution in [0, 0.1) is 5.82 Å². The van der Waals surface area contributed by atoms with Crippen LogP contribution in [0.1, 0.15) is 30.1 Å². The molecule has 1 aliphatic carbocycles. The molecule has 80 valence electrons. The molecule has 1 fully saturated rings. The number of hydrogen-bond acceptors (Lipinski definition) is 2. The van der Waals surface area contributed by atoms with Crippen LogP contribution >= 0.6 is 0 Å². The Labute approximate surface area is 88.1 Å². The maximum Gasteiger partial charge on any atom is 0.127 e. The molecular formula is C12H14FNO. The number of aliphatic hydroxyl groups excluding tert-OH is 1. The summed E-state index contributed by atoms with van der Waals surface area (Å²) in [6.45, 7) is 1.32. The van der Waals surface area contributed by atoms with E-state index in [0.29, 0.717) is 6.54 Å². The maximum atomic E-state index is 13.8. The molecule has 1 aromatic carbocycles. The van der Waals surface area contributed by atoms with Crippen LogP contribution in [-0.2, 0) is 5.41 Å². The Morgan fingerprint density at radius 3 is 2.93 bits per heavy atom. The fraction of sp³-hybridized carbons (Fsp3) is 0.500. The van der Waals surface area contributed by atoms with Crippen molar-refractivity contribution in [1.29, 1.82) is 0 Å². The predicted octanol–water partition coefficient (Wildman–Crippen LogP) is 1.49. The monoisotopic (exact) mass is 207 g/mol. The van der Waals surface area contributed by atoms with Gasteiger partial charge in [-0.05, 0) is 24.5 Å². The molecule has 0 amide bonds. The van der Waals surface area contributed by atoms with E-state index in [9.17, 15) is 9.50 Å². The maximum absolute atomic E-state index is 13.8. The summed E-state index contributed by atoms with van der Waals surface area (Å²) in [4.78, 5) is 0. The number of rotatable bonds is 0. The first kappa shape index (κ1) is 9.31. The number of nitrogens with one attached hydrogen (secondary N) is 1. The molecule has 1 spiro atoms. The van der Waals surface area contributed by atoms with E-state index in [0.717, 1.165) is 30.5 Å². The second-order valence-electron chi connectivity index (χ2n) is 4.63. The third kappa shape index (κ3) is 1.30. The van der Waals surface area contributed by atoms with Gasteiger partial charge in [0.2, 0.25) is 0 Å². The lowest BCUT2D eigenvalue weighted by atomic mass is 9.90. The highest BCUT2D eigenvalue weighted by Crippen LogP contribution is 2.51. The van der Waals surface area contributed by atoms with Gasteiger partial charge in [-0.2, -0.15) is 0 Å². The topological polar surface area (TPSA) is 32.3 Å². The Hall–Kier alpha value is -0.930. The van der Waals surface area contributed by atoms with Gasteiger partial charge in [-0.25, -0.2) is 4.39 Å². The van der Waals surface area contributed by atoms with Gasteiger partial charge in [0.15, 0.2) is 0 Å². The van der Waals surface area contributed by atoms with E-state index in [4.69, 9.17) is 0 Å². The Kier molecular flexibility index (Phi) is 1.88. The van der Waals surface area contributed by atoms with Gasteiger partial charge in [-0.1, -0.05) is 12.1 Å². The largest absolute Gasteiger partial charge is 0.387 e. The van der Waals surface area contributed by atoms with E-state index >= 15 is 0 Å². The van der Waals surface area contributed by atoms with E-state index in [1.807, 2.05) is 6.07 Å². The molecule has 1 aromatic rings. The third-order valence-corrected chi connectivity index (χ3v) is 3.59. The highest BCUT2D eigenvalue weighted by Gasteiger charge is 2.48. The molecule has 1 aliphatic heterocycles. The van der Waals surface area contributed by atoms with Gasteiger partial charge < -0.3 is 10.4 Å². The molecule has 1 heterocycles. The van der Waals surface area contributed by atoms with Gasteiger partial charge in [0.05, 0.1) is 6.10 Å². The highest BCUT2D eigenvalue weighted by atomic mass is 19.1. The molecule has 1 saturated carbocycles. The average Bonchev–Trinajstić information content (AvgIpc) is 2.99. The van der Waals surface area contributed by atoms with Crippen LogP contribution in [-0.4, -0.2) is 18.2 Å². The molecule has 2 N–H and O–H groups in total. The molecule has 0 radical (unpaired) electrons. The van der Waals surface area contributed by atoms with E-state index in [-0.39, 0.29) is 11.2 Å². The van der Waals surface area contributed by atoms with Gasteiger partial charge >= 0.3 is 0 Å². The van der Waals surface area contributed by atoms with Gasteiger partial charge in [0.1, 0.15) is 5.82 Å². The molecule has 3 heteroatoms. The first-order valence-corrected chi connectivity index (χ1v) is 5.41. The van der Waals surface area contributed by atoms with Crippen molar-refractivity contribution in [3.8, 4) is 0 Å². The van der Waals surface area contributed by atoms with Crippen molar-refractivity contribution < 1.29 is 9.50 Å². The number of benzene rings is 1. The van der Waals surface area contributed by atoms with E-state index in [1.54, 1.807) is 6.07 Å². The summed E-state index contributed by atoms with van der Waals surface area (Å²) in [6.07, 6.45) is 1.48. The average molecular weight is 207 g/mol. The van der Waals surface area contributed by atoms with E-state index < -0.39 is 6.10 Å². The van der Waals surface area contributed by atoms with Crippen LogP contribution in [0.2, 0.25) is 0 Å². The summed E-state index contributed by atoms with van der Waals surface area (Å²) < 4.78 is 13.8. The molecule has 1 unspecified atom stereocenters. The summed E-state index contributed by atoms with van der Waals surface area (Å²) in [5.74, 6) is -0.159. The lowest BCUT2D eigenvalue weighted by Crippen LogP contribution is -2.26. The van der Waals surface area contributed by atoms with Gasteiger partial charge in [0, 0.05) is 24.1 Å². The predicted molar refractivity (Wildman–Crippen MR) is 55.1 cm³/mol. The number of hydrogen-bond donors (Lipinski definition) is 2. The standard InChI is InChI=1S/C12H14FNO/c13-9-3-1-2-8-10(15)6-14-7-12(4-5-12)11(8)9/h1-3,10,14-15H,4-7H2. The van der Waals surface area contributed by atoms with Crippen LogP contribution in [0.3, 0.4) is 0 Å². The van der Waals surface area contributed by atoms with Crippen molar-refractivity contribution in [3.63, 3.8) is 0 Å². The van der Waals surface area contributed by atoms with Crippen molar-refractivity contribution in [2.75, 3.05) is 13.1 Å². The lowest BCUT2D eigenvalue weighted by Gasteiger charge is -2.17. The quantitative estimate of drug-likeness (QED) is 0.675. The van der Waals surface area contributed by atoms with Crippen molar-refractivity contribution in [1.82, 2.24) is 5.32 Å². The fourth-order valence-corrected chi connectivity index (χ4v) is 2.60. The van der Waals surface area contributed by atoms with Crippen molar-refractivity contribution in [2.24, 2.45) is 0 Å². The van der Waals surface area contributed by atoms with Gasteiger partial charge in [-0.15, -0.1) is 0 Å². The normalized spacial score (nSPS) is 27.2. The first-order chi connectivity index (χ1) is 7.23. The Morgan fingerprint density at radius 2 is 2.20 bits per heavy atom. The van der Waals surface area contributed by atoms with Crippen molar-refractivity contribution in [3.05, 3.63) is 35.1 Å². The molecule has 1 atom stereocenters. The minimum absolute atomic E-state index is 0.0296. The van der Waals surface area contributed by atoms with Crippen molar-refractivity contribution in [2.45, 2.75) is 24.4 Å². The van der Waals surface area contributed by atoms with Gasteiger partial charge in [0.25, 0.3) is 0 Å². The molecule has 0 aromatic heterocycles. The van der Waals surface area contributed by atoms with Crippen LogP contribution in [0.15, 0.2) is 18.2 Å². The molecule has 2 nitrogen and oxygen atoms in total. The summed E-state index contributed by atoms with van der Waals surface area (Å²) in [7, 11) is 0. The zero-order valence-electron chi connectivity index (χ0n) is 8.46. The zero-order chi connectivity index (χ0) is 10.5. The smallest absolute Gasteiger partial charge is 0.127 e. The van der Waals surface area contributed by atoms with Crippen molar-refractivity contribution >= 4 is 0 Å². The fourth-order valence-electron chi connectivity index (χ4n) is 2.60. The Morgan fingerprint density at radius 1 is 1.40 bits per heavy atom. The molecule has 0 bridgehead atoms. The molecule has 15 heavy (non-hydrogen) atoms. The van der Waals surface area contributed by atoms with E-state index in [1.165, 1.54) is 6.07 Å². The summed E-state index contributed by atoms with van der Waals surface area (Å²) in [5.41, 5.74) is 1.50. The Bertz CT molecular complexity index is 401. The highest BCUT2D eigenvalue weighted by molar-refractivity contribution is 5.42. The second-order valence-corrected chi connectivity index (χ2v) is 4.63. The number of fused-ring (bicyclic) bond motifs is 2. The Balaban J connectivity index is 2.20. The number of aliphatic hydroxyl groups is 1. The molecular weight excluding hydrogens is 193 g/mol. The third-order valence-electron chi connectivity index (χ3n) is 3.59. The summed E-state index contributed by atoms with van der Waals surface area (Å²) >= 11 is 0. The van der Waals surface area contributed by atoms with Crippen LogP contribution in [0.5, 0.6) is 0 Å². The molecule has 2 aliphatic rings. The lowest BCUT2D eigenvalue weighted by molar-refractivity contribution is 0.177. The van der Waals surface area contributed by atoms with Crippen LogP contribution < -0.4 is 5.32 Å². The summed E-state index contributed by atoms with van der Waals surface area (Å²) in [5, 5.41) is 13.1. The number of halogens is 1. The minimum Gasteiger partial charge on any atom is -0.387 e. The first-order valence-electron chi connectivity index (χ1n) is 5.41.